The van der Waals surface area contributed by atoms with Crippen LogP contribution in [0.4, 0.5) is 0 Å². The highest BCUT2D eigenvalue weighted by atomic mass is 35.5. The van der Waals surface area contributed by atoms with Crippen molar-refractivity contribution in [2.45, 2.75) is 6.42 Å². The van der Waals surface area contributed by atoms with E-state index in [9.17, 15) is 4.79 Å². The van der Waals surface area contributed by atoms with Gasteiger partial charge in [-0.2, -0.15) is 0 Å². The van der Waals surface area contributed by atoms with Gasteiger partial charge in [-0.15, -0.1) is 0 Å². The van der Waals surface area contributed by atoms with Gasteiger partial charge in [-0.1, -0.05) is 54.1 Å². The Labute approximate surface area is 122 Å². The Morgan fingerprint density at radius 2 is 1.80 bits per heavy atom. The Kier molecular flexibility index (Phi) is 3.48. The molecule has 0 aliphatic heterocycles. The van der Waals surface area contributed by atoms with Crippen LogP contribution in [0.25, 0.3) is 10.8 Å². The van der Waals surface area contributed by atoms with Gasteiger partial charge in [0.25, 0.3) is 0 Å². The summed E-state index contributed by atoms with van der Waals surface area (Å²) >= 11 is 5.73. The van der Waals surface area contributed by atoms with Crippen molar-refractivity contribution in [3.05, 3.63) is 77.1 Å². The number of ketones is 1. The Morgan fingerprint density at radius 3 is 2.60 bits per heavy atom. The number of hydrogen-bond acceptors (Lipinski definition) is 2. The third-order valence-electron chi connectivity index (χ3n) is 3.28. The van der Waals surface area contributed by atoms with E-state index < -0.39 is 0 Å². The van der Waals surface area contributed by atoms with E-state index in [0.29, 0.717) is 17.1 Å². The summed E-state index contributed by atoms with van der Waals surface area (Å²) in [5, 5.41) is 2.66. The van der Waals surface area contributed by atoms with Gasteiger partial charge in [0.2, 0.25) is 0 Å². The molecule has 0 aliphatic carbocycles. The maximum Gasteiger partial charge on any atom is 0.168 e. The van der Waals surface area contributed by atoms with E-state index >= 15 is 0 Å². The largest absolute Gasteiger partial charge is 0.294 e. The lowest BCUT2D eigenvalue weighted by Gasteiger charge is -2.06. The Morgan fingerprint density at radius 1 is 1.00 bits per heavy atom. The molecule has 0 fully saturated rings. The number of halogens is 1. The zero-order chi connectivity index (χ0) is 13.9. The number of benzene rings is 2. The van der Waals surface area contributed by atoms with Crippen LogP contribution in [0.15, 0.2) is 60.8 Å². The fourth-order valence-corrected chi connectivity index (χ4v) is 2.37. The van der Waals surface area contributed by atoms with Crippen LogP contribution in [0.1, 0.15) is 15.9 Å². The second-order valence-electron chi connectivity index (χ2n) is 4.61. The van der Waals surface area contributed by atoms with Crippen LogP contribution < -0.4 is 0 Å². The van der Waals surface area contributed by atoms with Crippen molar-refractivity contribution < 1.29 is 4.79 Å². The Hall–Kier alpha value is -2.19. The van der Waals surface area contributed by atoms with Crippen molar-refractivity contribution in [2.75, 3.05) is 0 Å². The summed E-state index contributed by atoms with van der Waals surface area (Å²) in [7, 11) is 0. The van der Waals surface area contributed by atoms with Gasteiger partial charge in [0.05, 0.1) is 0 Å². The monoisotopic (exact) mass is 281 g/mol. The molecule has 0 saturated carbocycles. The molecule has 0 bridgehead atoms. The van der Waals surface area contributed by atoms with Gasteiger partial charge < -0.3 is 0 Å². The Balaban J connectivity index is 1.93. The minimum Gasteiger partial charge on any atom is -0.294 e. The number of aromatic nitrogens is 1. The second kappa shape index (κ2) is 5.43. The van der Waals surface area contributed by atoms with Crippen LogP contribution >= 0.6 is 11.6 Å². The molecular formula is C17H12ClNO. The molecule has 0 amide bonds. The second-order valence-corrected chi connectivity index (χ2v) is 5.00. The first-order chi connectivity index (χ1) is 9.74. The van der Waals surface area contributed by atoms with E-state index in [0.717, 1.165) is 16.3 Å². The zero-order valence-electron chi connectivity index (χ0n) is 10.7. The van der Waals surface area contributed by atoms with Crippen LogP contribution in [-0.4, -0.2) is 10.8 Å². The molecule has 0 saturated heterocycles. The molecule has 2 aromatic carbocycles. The van der Waals surface area contributed by atoms with Gasteiger partial charge in [-0.05, 0) is 28.5 Å². The van der Waals surface area contributed by atoms with Crippen molar-refractivity contribution in [2.24, 2.45) is 0 Å². The predicted octanol–water partition coefficient (Wildman–Crippen LogP) is 4.31. The number of carbonyl (C=O) groups is 1. The maximum atomic E-state index is 12.3. The highest BCUT2D eigenvalue weighted by molar-refractivity contribution is 6.29. The third-order valence-corrected chi connectivity index (χ3v) is 3.50. The van der Waals surface area contributed by atoms with Crippen molar-refractivity contribution in [3.63, 3.8) is 0 Å². The van der Waals surface area contributed by atoms with E-state index in [4.69, 9.17) is 11.6 Å². The minimum absolute atomic E-state index is 0.0468. The highest BCUT2D eigenvalue weighted by Crippen LogP contribution is 2.20. The normalized spacial score (nSPS) is 10.7. The van der Waals surface area contributed by atoms with Gasteiger partial charge in [0, 0.05) is 18.2 Å². The van der Waals surface area contributed by atoms with Crippen molar-refractivity contribution in [1.82, 2.24) is 4.98 Å². The van der Waals surface area contributed by atoms with Crippen molar-refractivity contribution >= 4 is 28.2 Å². The van der Waals surface area contributed by atoms with Crippen LogP contribution in [-0.2, 0) is 6.42 Å². The van der Waals surface area contributed by atoms with Gasteiger partial charge in [0.1, 0.15) is 5.15 Å². The quantitative estimate of drug-likeness (QED) is 0.529. The molecule has 98 valence electrons. The number of hydrogen-bond donors (Lipinski definition) is 0. The van der Waals surface area contributed by atoms with Crippen LogP contribution in [0.2, 0.25) is 5.15 Å². The number of carbonyl (C=O) groups excluding carboxylic acids is 1. The molecule has 0 radical (unpaired) electrons. The Bertz CT molecular complexity index is 760. The third kappa shape index (κ3) is 2.56. The number of pyridine rings is 1. The molecule has 3 aromatic rings. The smallest absolute Gasteiger partial charge is 0.168 e. The molecule has 2 nitrogen and oxygen atoms in total. The summed E-state index contributed by atoms with van der Waals surface area (Å²) in [6.45, 7) is 0. The number of Topliss-reactive ketones (excluding diaryl/α,β-unsaturated/α-hetero) is 1. The maximum absolute atomic E-state index is 12.3. The zero-order valence-corrected chi connectivity index (χ0v) is 11.5. The SMILES string of the molecule is O=C(Cc1cccc2ccccc12)c1ccc(Cl)nc1. The molecule has 0 N–H and O–H groups in total. The lowest BCUT2D eigenvalue weighted by Crippen LogP contribution is -2.04. The van der Waals surface area contributed by atoms with E-state index in [1.807, 2.05) is 42.5 Å². The summed E-state index contributed by atoms with van der Waals surface area (Å²) in [6, 6.07) is 17.4. The predicted molar refractivity (Wildman–Crippen MR) is 81.2 cm³/mol. The first-order valence-corrected chi connectivity index (χ1v) is 6.73. The number of fused-ring (bicyclic) bond motifs is 1. The number of rotatable bonds is 3. The summed E-state index contributed by atoms with van der Waals surface area (Å²) in [5.41, 5.74) is 1.62. The van der Waals surface area contributed by atoms with Crippen LogP contribution in [0, 0.1) is 0 Å². The number of nitrogens with zero attached hydrogens (tertiary/aromatic N) is 1. The summed E-state index contributed by atoms with van der Waals surface area (Å²) in [5.74, 6) is 0.0468. The lowest BCUT2D eigenvalue weighted by molar-refractivity contribution is 0.0993. The van der Waals surface area contributed by atoms with Crippen LogP contribution in [0.5, 0.6) is 0 Å². The molecule has 0 aliphatic rings. The molecule has 3 heteroatoms. The molecule has 1 aromatic heterocycles. The lowest BCUT2D eigenvalue weighted by atomic mass is 9.98. The molecule has 1 heterocycles. The highest BCUT2D eigenvalue weighted by Gasteiger charge is 2.09. The van der Waals surface area contributed by atoms with E-state index in [2.05, 4.69) is 4.98 Å². The molecule has 0 unspecified atom stereocenters. The molecule has 3 rings (SSSR count). The minimum atomic E-state index is 0.0468. The summed E-state index contributed by atoms with van der Waals surface area (Å²) in [6.07, 6.45) is 1.89. The fourth-order valence-electron chi connectivity index (χ4n) is 2.26. The van der Waals surface area contributed by atoms with E-state index in [1.54, 1.807) is 12.1 Å². The van der Waals surface area contributed by atoms with Gasteiger partial charge in [-0.25, -0.2) is 4.98 Å². The van der Waals surface area contributed by atoms with Gasteiger partial charge >= 0.3 is 0 Å². The van der Waals surface area contributed by atoms with Crippen molar-refractivity contribution in [3.8, 4) is 0 Å². The standard InChI is InChI=1S/C17H12ClNO/c18-17-9-8-14(11-19-17)16(20)10-13-6-3-5-12-4-1-2-7-15(12)13/h1-9,11H,10H2. The van der Waals surface area contributed by atoms with E-state index in [-0.39, 0.29) is 5.78 Å². The topological polar surface area (TPSA) is 30.0 Å². The first kappa shape index (κ1) is 12.8. The summed E-state index contributed by atoms with van der Waals surface area (Å²) < 4.78 is 0. The van der Waals surface area contributed by atoms with Gasteiger partial charge in [-0.3, -0.25) is 4.79 Å². The summed E-state index contributed by atoms with van der Waals surface area (Å²) in [4.78, 5) is 16.2. The molecule has 0 spiro atoms. The first-order valence-electron chi connectivity index (χ1n) is 6.35. The molecular weight excluding hydrogens is 270 g/mol. The van der Waals surface area contributed by atoms with Crippen molar-refractivity contribution in [1.29, 1.82) is 0 Å². The molecule has 20 heavy (non-hydrogen) atoms. The average Bonchev–Trinajstić information content (AvgIpc) is 2.48. The van der Waals surface area contributed by atoms with Gasteiger partial charge in [0.15, 0.2) is 5.78 Å². The van der Waals surface area contributed by atoms with E-state index in [1.165, 1.54) is 6.20 Å². The molecule has 0 atom stereocenters. The fraction of sp³-hybridized carbons (Fsp3) is 0.0588. The average molecular weight is 282 g/mol. The van der Waals surface area contributed by atoms with Crippen LogP contribution in [0.3, 0.4) is 0 Å².